The van der Waals surface area contributed by atoms with Crippen molar-refractivity contribution in [2.24, 2.45) is 0 Å². The van der Waals surface area contributed by atoms with E-state index in [1.54, 1.807) is 25.3 Å². The molecule has 1 N–H and O–H groups in total. The van der Waals surface area contributed by atoms with Crippen molar-refractivity contribution in [3.63, 3.8) is 0 Å². The Morgan fingerprint density at radius 1 is 1.29 bits per heavy atom. The number of carbonyl (C=O) groups is 1. The number of benzene rings is 2. The number of aromatic nitrogens is 2. The largest absolute Gasteiger partial charge is 0.454 e. The van der Waals surface area contributed by atoms with E-state index in [0.717, 1.165) is 16.2 Å². The molecule has 0 fully saturated rings. The van der Waals surface area contributed by atoms with Crippen molar-refractivity contribution >= 4 is 34.4 Å². The molecule has 0 saturated heterocycles. The maximum Gasteiger partial charge on any atom is 0.237 e. The lowest BCUT2D eigenvalue weighted by Gasteiger charge is -2.13. The second kappa shape index (κ2) is 8.12. The van der Waals surface area contributed by atoms with Crippen molar-refractivity contribution in [1.82, 2.24) is 9.55 Å². The van der Waals surface area contributed by atoms with Gasteiger partial charge in [-0.1, -0.05) is 23.9 Å². The third-order valence-electron chi connectivity index (χ3n) is 4.43. The van der Waals surface area contributed by atoms with Crippen LogP contribution in [-0.4, -0.2) is 41.2 Å². The summed E-state index contributed by atoms with van der Waals surface area (Å²) >= 11 is 1.43. The van der Waals surface area contributed by atoms with Gasteiger partial charge < -0.3 is 24.1 Å². The lowest BCUT2D eigenvalue weighted by atomic mass is 10.2. The summed E-state index contributed by atoms with van der Waals surface area (Å²) in [6.07, 6.45) is 0. The van der Waals surface area contributed by atoms with Crippen LogP contribution in [-0.2, 0) is 16.1 Å². The van der Waals surface area contributed by atoms with Gasteiger partial charge in [-0.3, -0.25) is 4.79 Å². The number of imidazole rings is 1. The number of rotatable bonds is 7. The van der Waals surface area contributed by atoms with Gasteiger partial charge in [0.05, 0.1) is 22.9 Å². The zero-order chi connectivity index (χ0) is 19.5. The van der Waals surface area contributed by atoms with Crippen molar-refractivity contribution in [2.75, 3.05) is 25.8 Å². The summed E-state index contributed by atoms with van der Waals surface area (Å²) in [5.74, 6) is 1.22. The van der Waals surface area contributed by atoms with Crippen LogP contribution in [0.3, 0.4) is 0 Å². The summed E-state index contributed by atoms with van der Waals surface area (Å²) in [6.45, 7) is 3.32. The van der Waals surface area contributed by atoms with Crippen molar-refractivity contribution in [2.45, 2.75) is 23.9 Å². The molecule has 1 amide bonds. The van der Waals surface area contributed by atoms with Crippen LogP contribution in [0.2, 0.25) is 0 Å². The summed E-state index contributed by atoms with van der Waals surface area (Å²) < 4.78 is 18.0. The van der Waals surface area contributed by atoms with Gasteiger partial charge in [0.2, 0.25) is 12.7 Å². The minimum absolute atomic E-state index is 0.103. The molecule has 28 heavy (non-hydrogen) atoms. The van der Waals surface area contributed by atoms with E-state index >= 15 is 0 Å². The van der Waals surface area contributed by atoms with Crippen molar-refractivity contribution in [3.8, 4) is 11.5 Å². The second-order valence-electron chi connectivity index (χ2n) is 6.34. The third kappa shape index (κ3) is 3.79. The first-order valence-corrected chi connectivity index (χ1v) is 9.85. The smallest absolute Gasteiger partial charge is 0.237 e. The molecule has 0 spiro atoms. The number of nitrogens with zero attached hydrogens (tertiary/aromatic N) is 2. The quantitative estimate of drug-likeness (QED) is 0.613. The van der Waals surface area contributed by atoms with Crippen LogP contribution in [0.25, 0.3) is 11.0 Å². The van der Waals surface area contributed by atoms with E-state index in [-0.39, 0.29) is 18.0 Å². The minimum atomic E-state index is -0.330. The minimum Gasteiger partial charge on any atom is -0.454 e. The summed E-state index contributed by atoms with van der Waals surface area (Å²) in [6, 6.07) is 13.3. The highest BCUT2D eigenvalue weighted by atomic mass is 32.2. The van der Waals surface area contributed by atoms with Gasteiger partial charge in [-0.2, -0.15) is 0 Å². The number of amides is 1. The molecule has 3 aromatic rings. The molecule has 0 bridgehead atoms. The Bertz CT molecular complexity index is 1000. The molecule has 1 aliphatic heterocycles. The van der Waals surface area contributed by atoms with E-state index in [1.807, 2.05) is 31.2 Å². The molecule has 1 aliphatic rings. The zero-order valence-corrected chi connectivity index (χ0v) is 16.5. The molecule has 2 aromatic carbocycles. The highest BCUT2D eigenvalue weighted by molar-refractivity contribution is 8.00. The van der Waals surface area contributed by atoms with Gasteiger partial charge in [-0.05, 0) is 31.2 Å². The first kappa shape index (κ1) is 18.6. The summed E-state index contributed by atoms with van der Waals surface area (Å²) in [5, 5.41) is 3.40. The summed E-state index contributed by atoms with van der Waals surface area (Å²) in [7, 11) is 1.67. The van der Waals surface area contributed by atoms with E-state index in [0.29, 0.717) is 30.3 Å². The first-order valence-electron chi connectivity index (χ1n) is 8.97. The standard InChI is InChI=1S/C20H21N3O4S/c1-13(19(24)21-14-7-8-17-18(11-14)27-12-26-17)28-20-22-15-5-3-4-6-16(15)23(20)9-10-25-2/h3-8,11,13H,9-10,12H2,1-2H3,(H,21,24)/t13-/m0/s1. The first-order chi connectivity index (χ1) is 13.7. The molecule has 146 valence electrons. The zero-order valence-electron chi connectivity index (χ0n) is 15.7. The fourth-order valence-electron chi connectivity index (χ4n) is 2.97. The van der Waals surface area contributed by atoms with E-state index in [1.165, 1.54) is 11.8 Å². The number of methoxy groups -OCH3 is 1. The van der Waals surface area contributed by atoms with Crippen molar-refractivity contribution in [3.05, 3.63) is 42.5 Å². The van der Waals surface area contributed by atoms with Crippen LogP contribution in [0, 0.1) is 0 Å². The number of carbonyl (C=O) groups excluding carboxylic acids is 1. The monoisotopic (exact) mass is 399 g/mol. The number of hydrogen-bond acceptors (Lipinski definition) is 6. The number of nitrogens with one attached hydrogen (secondary N) is 1. The van der Waals surface area contributed by atoms with Crippen LogP contribution in [0.1, 0.15) is 6.92 Å². The topological polar surface area (TPSA) is 74.6 Å². The lowest BCUT2D eigenvalue weighted by molar-refractivity contribution is -0.115. The van der Waals surface area contributed by atoms with Crippen LogP contribution in [0.15, 0.2) is 47.6 Å². The molecule has 0 radical (unpaired) electrons. The number of fused-ring (bicyclic) bond motifs is 2. The molecule has 0 unspecified atom stereocenters. The number of hydrogen-bond donors (Lipinski definition) is 1. The molecule has 1 atom stereocenters. The van der Waals surface area contributed by atoms with Gasteiger partial charge in [0.15, 0.2) is 16.7 Å². The maximum atomic E-state index is 12.7. The van der Waals surface area contributed by atoms with Gasteiger partial charge in [0.1, 0.15) is 0 Å². The SMILES string of the molecule is COCCn1c(S[C@@H](C)C(=O)Nc2ccc3c(c2)OCO3)nc2ccccc21. The Hall–Kier alpha value is -2.71. The molecule has 8 heteroatoms. The molecule has 0 aliphatic carbocycles. The molecule has 2 heterocycles. The van der Waals surface area contributed by atoms with E-state index < -0.39 is 0 Å². The van der Waals surface area contributed by atoms with Crippen LogP contribution in [0.5, 0.6) is 11.5 Å². The Morgan fingerprint density at radius 2 is 2.11 bits per heavy atom. The number of ether oxygens (including phenoxy) is 3. The van der Waals surface area contributed by atoms with Crippen molar-refractivity contribution in [1.29, 1.82) is 0 Å². The Kier molecular flexibility index (Phi) is 5.40. The summed E-state index contributed by atoms with van der Waals surface area (Å²) in [5.41, 5.74) is 2.62. The normalized spacial score (nSPS) is 13.6. The Morgan fingerprint density at radius 3 is 2.96 bits per heavy atom. The Balaban J connectivity index is 1.49. The van der Waals surface area contributed by atoms with Gasteiger partial charge in [0, 0.05) is 25.4 Å². The van der Waals surface area contributed by atoms with Gasteiger partial charge in [-0.25, -0.2) is 4.98 Å². The summed E-state index contributed by atoms with van der Waals surface area (Å²) in [4.78, 5) is 17.4. The lowest BCUT2D eigenvalue weighted by Crippen LogP contribution is -2.23. The fourth-order valence-corrected chi connectivity index (χ4v) is 3.92. The average molecular weight is 399 g/mol. The fraction of sp³-hybridized carbons (Fsp3) is 0.300. The number of anilines is 1. The predicted molar refractivity (Wildman–Crippen MR) is 108 cm³/mol. The molecular formula is C20H21N3O4S. The maximum absolute atomic E-state index is 12.7. The van der Waals surface area contributed by atoms with Crippen LogP contribution >= 0.6 is 11.8 Å². The van der Waals surface area contributed by atoms with E-state index in [9.17, 15) is 4.79 Å². The average Bonchev–Trinajstić information content (AvgIpc) is 3.30. The number of para-hydroxylation sites is 2. The second-order valence-corrected chi connectivity index (χ2v) is 7.65. The van der Waals surface area contributed by atoms with Gasteiger partial charge >= 0.3 is 0 Å². The molecule has 1 aromatic heterocycles. The number of thioether (sulfide) groups is 1. The van der Waals surface area contributed by atoms with Gasteiger partial charge in [0.25, 0.3) is 0 Å². The van der Waals surface area contributed by atoms with Crippen molar-refractivity contribution < 1.29 is 19.0 Å². The molecule has 4 rings (SSSR count). The van der Waals surface area contributed by atoms with Crippen LogP contribution in [0.4, 0.5) is 5.69 Å². The van der Waals surface area contributed by atoms with Crippen LogP contribution < -0.4 is 14.8 Å². The highest BCUT2D eigenvalue weighted by Gasteiger charge is 2.21. The van der Waals surface area contributed by atoms with E-state index in [4.69, 9.17) is 19.2 Å². The van der Waals surface area contributed by atoms with E-state index in [2.05, 4.69) is 9.88 Å². The highest BCUT2D eigenvalue weighted by Crippen LogP contribution is 2.34. The third-order valence-corrected chi connectivity index (χ3v) is 5.52. The molecule has 7 nitrogen and oxygen atoms in total. The predicted octanol–water partition coefficient (Wildman–Crippen LogP) is 3.53. The molecule has 0 saturated carbocycles. The van der Waals surface area contributed by atoms with Gasteiger partial charge in [-0.15, -0.1) is 0 Å². The molecular weight excluding hydrogens is 378 g/mol. The Labute approximate surface area is 167 Å².